The normalized spacial score (nSPS) is 15.5. The predicted octanol–water partition coefficient (Wildman–Crippen LogP) is 3.25. The number of benzene rings is 2. The fourth-order valence-electron chi connectivity index (χ4n) is 2.17. The third-order valence-corrected chi connectivity index (χ3v) is 5.42. The Morgan fingerprint density at radius 1 is 1.12 bits per heavy atom. The van der Waals surface area contributed by atoms with Crippen LogP contribution in [0.15, 0.2) is 59.5 Å². The number of aryl methyl sites for hydroxylation is 1. The van der Waals surface area contributed by atoms with Crippen molar-refractivity contribution in [2.75, 3.05) is 0 Å². The quantitative estimate of drug-likeness (QED) is 0.367. The van der Waals surface area contributed by atoms with Gasteiger partial charge >= 0.3 is 5.00 Å². The summed E-state index contributed by atoms with van der Waals surface area (Å²) in [5, 5.41) is 11.3. The van der Waals surface area contributed by atoms with E-state index in [1.54, 1.807) is 42.5 Å². The SMILES string of the molecule is Cc1ccc(S(=O)(=O)N[C@@H](c2ccccc2)[C@](C)(Cl)[N+](=O)[O-])cc1. The number of nitro groups is 1. The molecule has 6 nitrogen and oxygen atoms in total. The van der Waals surface area contributed by atoms with Gasteiger partial charge in [-0.3, -0.25) is 10.1 Å². The summed E-state index contributed by atoms with van der Waals surface area (Å²) in [6, 6.07) is 13.2. The fourth-order valence-corrected chi connectivity index (χ4v) is 3.72. The van der Waals surface area contributed by atoms with Gasteiger partial charge in [-0.1, -0.05) is 48.0 Å². The Hall–Kier alpha value is -1.96. The highest BCUT2D eigenvalue weighted by Crippen LogP contribution is 2.33. The Balaban J connectivity index is 2.45. The second-order valence-corrected chi connectivity index (χ2v) is 8.04. The van der Waals surface area contributed by atoms with Gasteiger partial charge in [0, 0.05) is 11.8 Å². The second kappa shape index (κ2) is 6.88. The Bertz CT molecular complexity index is 821. The van der Waals surface area contributed by atoms with E-state index in [0.717, 1.165) is 5.56 Å². The standard InChI is InChI=1S/C16H17ClN2O4S/c1-12-8-10-14(11-9-12)24(22,23)18-15(16(2,17)19(20)21)13-6-4-3-5-7-13/h3-11,15,18H,1-2H3/t15-,16+/m0/s1. The first-order valence-electron chi connectivity index (χ1n) is 7.12. The van der Waals surface area contributed by atoms with Crippen molar-refractivity contribution < 1.29 is 13.3 Å². The number of nitrogens with zero attached hydrogens (tertiary/aromatic N) is 1. The minimum Gasteiger partial charge on any atom is -0.263 e. The molecule has 0 aliphatic heterocycles. The van der Waals surface area contributed by atoms with Crippen LogP contribution < -0.4 is 4.72 Å². The molecule has 0 spiro atoms. The van der Waals surface area contributed by atoms with Crippen LogP contribution in [0.4, 0.5) is 0 Å². The van der Waals surface area contributed by atoms with Crippen LogP contribution in [-0.2, 0) is 10.0 Å². The Labute approximate surface area is 145 Å². The molecule has 24 heavy (non-hydrogen) atoms. The Kier molecular flexibility index (Phi) is 5.27. The van der Waals surface area contributed by atoms with Gasteiger partial charge in [0.2, 0.25) is 10.0 Å². The van der Waals surface area contributed by atoms with Crippen molar-refractivity contribution in [1.29, 1.82) is 0 Å². The summed E-state index contributed by atoms with van der Waals surface area (Å²) < 4.78 is 27.6. The monoisotopic (exact) mass is 368 g/mol. The summed E-state index contributed by atoms with van der Waals surface area (Å²) >= 11 is 6.06. The Morgan fingerprint density at radius 3 is 2.17 bits per heavy atom. The van der Waals surface area contributed by atoms with Gasteiger partial charge in [-0.2, -0.15) is 4.72 Å². The van der Waals surface area contributed by atoms with E-state index in [0.29, 0.717) is 5.56 Å². The van der Waals surface area contributed by atoms with E-state index >= 15 is 0 Å². The van der Waals surface area contributed by atoms with E-state index in [1.807, 2.05) is 6.92 Å². The van der Waals surface area contributed by atoms with Gasteiger partial charge in [0.25, 0.3) is 0 Å². The molecule has 0 aromatic heterocycles. The van der Waals surface area contributed by atoms with Gasteiger partial charge in [-0.15, -0.1) is 0 Å². The zero-order valence-corrected chi connectivity index (χ0v) is 14.7. The first-order chi connectivity index (χ1) is 11.1. The van der Waals surface area contributed by atoms with Crippen LogP contribution in [0.25, 0.3) is 0 Å². The van der Waals surface area contributed by atoms with Crippen LogP contribution in [0.2, 0.25) is 0 Å². The van der Waals surface area contributed by atoms with E-state index < -0.39 is 26.0 Å². The zero-order valence-electron chi connectivity index (χ0n) is 13.1. The molecule has 2 rings (SSSR count). The van der Waals surface area contributed by atoms with Gasteiger partial charge in [0.15, 0.2) is 0 Å². The number of hydrogen-bond donors (Lipinski definition) is 1. The molecule has 2 aromatic rings. The molecule has 0 fully saturated rings. The van der Waals surface area contributed by atoms with Crippen LogP contribution >= 0.6 is 11.6 Å². The highest BCUT2D eigenvalue weighted by molar-refractivity contribution is 7.89. The number of alkyl halides is 1. The fraction of sp³-hybridized carbons (Fsp3) is 0.250. The molecule has 0 saturated carbocycles. The van der Waals surface area contributed by atoms with Gasteiger partial charge < -0.3 is 0 Å². The van der Waals surface area contributed by atoms with E-state index in [-0.39, 0.29) is 4.90 Å². The maximum atomic E-state index is 12.6. The topological polar surface area (TPSA) is 89.3 Å². The van der Waals surface area contributed by atoms with Crippen molar-refractivity contribution in [2.45, 2.75) is 29.8 Å². The minimum atomic E-state index is -3.98. The number of nitrogens with one attached hydrogen (secondary N) is 1. The lowest BCUT2D eigenvalue weighted by molar-refractivity contribution is -0.542. The Morgan fingerprint density at radius 2 is 1.67 bits per heavy atom. The van der Waals surface area contributed by atoms with Crippen LogP contribution in [0.5, 0.6) is 0 Å². The largest absolute Gasteiger partial charge is 0.312 e. The second-order valence-electron chi connectivity index (χ2n) is 5.56. The van der Waals surface area contributed by atoms with Crippen molar-refractivity contribution in [2.24, 2.45) is 0 Å². The summed E-state index contributed by atoms with van der Waals surface area (Å²) in [4.78, 5) is 8.61. The van der Waals surface area contributed by atoms with E-state index in [2.05, 4.69) is 4.72 Å². The summed E-state index contributed by atoms with van der Waals surface area (Å²) in [6.45, 7) is 3.00. The van der Waals surface area contributed by atoms with E-state index in [1.165, 1.54) is 19.1 Å². The summed E-state index contributed by atoms with van der Waals surface area (Å²) in [7, 11) is -3.98. The van der Waals surface area contributed by atoms with Crippen molar-refractivity contribution in [3.8, 4) is 0 Å². The highest BCUT2D eigenvalue weighted by Gasteiger charge is 2.47. The third-order valence-electron chi connectivity index (χ3n) is 3.62. The molecule has 1 N–H and O–H groups in total. The first kappa shape index (κ1) is 18.4. The lowest BCUT2D eigenvalue weighted by Crippen LogP contribution is -2.45. The number of hydrogen-bond acceptors (Lipinski definition) is 4. The van der Waals surface area contributed by atoms with Crippen molar-refractivity contribution in [3.05, 3.63) is 75.8 Å². The summed E-state index contributed by atoms with van der Waals surface area (Å²) in [5.41, 5.74) is 1.31. The molecule has 0 aliphatic rings. The van der Waals surface area contributed by atoms with Crippen LogP contribution in [0, 0.1) is 17.0 Å². The van der Waals surface area contributed by atoms with Crippen molar-refractivity contribution >= 4 is 21.6 Å². The van der Waals surface area contributed by atoms with E-state index in [4.69, 9.17) is 11.6 Å². The lowest BCUT2D eigenvalue weighted by Gasteiger charge is -2.26. The van der Waals surface area contributed by atoms with Crippen LogP contribution in [-0.4, -0.2) is 18.3 Å². The van der Waals surface area contributed by atoms with E-state index in [9.17, 15) is 18.5 Å². The molecule has 0 radical (unpaired) electrons. The van der Waals surface area contributed by atoms with Gasteiger partial charge in [-0.05, 0) is 36.2 Å². The average Bonchev–Trinajstić information content (AvgIpc) is 2.53. The smallest absolute Gasteiger partial charge is 0.263 e. The molecule has 0 unspecified atom stereocenters. The number of halogens is 1. The molecule has 0 aliphatic carbocycles. The molecule has 2 atom stereocenters. The molecular weight excluding hydrogens is 352 g/mol. The summed E-state index contributed by atoms with van der Waals surface area (Å²) in [6.07, 6.45) is 0. The molecular formula is C16H17ClN2O4S. The molecule has 0 bridgehead atoms. The maximum absolute atomic E-state index is 12.6. The van der Waals surface area contributed by atoms with Crippen molar-refractivity contribution in [1.82, 2.24) is 4.72 Å². The van der Waals surface area contributed by atoms with Gasteiger partial charge in [0.1, 0.15) is 6.04 Å². The summed E-state index contributed by atoms with van der Waals surface area (Å²) in [5.74, 6) is 0. The van der Waals surface area contributed by atoms with Crippen LogP contribution in [0.1, 0.15) is 24.1 Å². The molecule has 8 heteroatoms. The molecule has 0 amide bonds. The molecule has 0 saturated heterocycles. The molecule has 128 valence electrons. The highest BCUT2D eigenvalue weighted by atomic mass is 35.5. The lowest BCUT2D eigenvalue weighted by atomic mass is 10.0. The van der Waals surface area contributed by atoms with Crippen molar-refractivity contribution in [3.63, 3.8) is 0 Å². The number of sulfonamides is 1. The average molecular weight is 369 g/mol. The third kappa shape index (κ3) is 3.92. The number of rotatable bonds is 6. The molecule has 0 heterocycles. The predicted molar refractivity (Wildman–Crippen MR) is 91.9 cm³/mol. The maximum Gasteiger partial charge on any atom is 0.312 e. The van der Waals surface area contributed by atoms with Crippen LogP contribution in [0.3, 0.4) is 0 Å². The van der Waals surface area contributed by atoms with Gasteiger partial charge in [0.05, 0.1) is 4.90 Å². The first-order valence-corrected chi connectivity index (χ1v) is 8.98. The minimum absolute atomic E-state index is 0.0184. The molecule has 2 aromatic carbocycles. The zero-order chi connectivity index (χ0) is 18.0. The van der Waals surface area contributed by atoms with Gasteiger partial charge in [-0.25, -0.2) is 8.42 Å².